The molecule has 0 amide bonds. The molecular formula is C15H22ClFN2O4S. The highest BCUT2D eigenvalue weighted by molar-refractivity contribution is 7.89. The lowest BCUT2D eigenvalue weighted by Crippen LogP contribution is -2.42. The number of sulfonamides is 1. The van der Waals surface area contributed by atoms with Gasteiger partial charge in [0.15, 0.2) is 0 Å². The molecule has 0 saturated carbocycles. The summed E-state index contributed by atoms with van der Waals surface area (Å²) in [6.07, 6.45) is 1.66. The summed E-state index contributed by atoms with van der Waals surface area (Å²) in [5.41, 5.74) is -0.148. The monoisotopic (exact) mass is 380 g/mol. The Hall–Kier alpha value is -1.22. The topological polar surface area (TPSA) is 75.7 Å². The second kappa shape index (κ2) is 8.75. The fraction of sp³-hybridized carbons (Fsp3) is 0.533. The fourth-order valence-corrected chi connectivity index (χ4v) is 4.57. The van der Waals surface area contributed by atoms with E-state index in [1.54, 1.807) is 0 Å². The number of esters is 1. The zero-order valence-corrected chi connectivity index (χ0v) is 15.3. The number of hydrogen-bond acceptors (Lipinski definition) is 5. The number of benzene rings is 1. The summed E-state index contributed by atoms with van der Waals surface area (Å²) in [5, 5.41) is 3.04. The minimum atomic E-state index is -3.96. The van der Waals surface area contributed by atoms with E-state index < -0.39 is 21.8 Å². The van der Waals surface area contributed by atoms with Crippen LogP contribution in [0.2, 0.25) is 0 Å². The van der Waals surface area contributed by atoms with Crippen LogP contribution in [-0.4, -0.2) is 52.5 Å². The Labute approximate surface area is 147 Å². The molecule has 1 heterocycles. The summed E-state index contributed by atoms with van der Waals surface area (Å²) in [6.45, 7) is 1.42. The van der Waals surface area contributed by atoms with Gasteiger partial charge in [0.05, 0.1) is 17.6 Å². The third kappa shape index (κ3) is 4.44. The molecule has 24 heavy (non-hydrogen) atoms. The van der Waals surface area contributed by atoms with E-state index in [1.165, 1.54) is 4.31 Å². The fourth-order valence-electron chi connectivity index (χ4n) is 2.83. The summed E-state index contributed by atoms with van der Waals surface area (Å²) in [7, 11) is -0.983. The molecule has 0 radical (unpaired) electrons. The standard InChI is InChI=1S/C15H21FN2O4S.ClH/c1-17-9-11-4-3-7-18(10-11)23(20,21)14-8-12(16)5-6-13(14)15(19)22-2;/h5-6,8,11,17H,3-4,7,9-10H2,1-2H3;1H. The van der Waals surface area contributed by atoms with Crippen LogP contribution in [0, 0.1) is 11.7 Å². The Bertz CT molecular complexity index is 682. The minimum Gasteiger partial charge on any atom is -0.465 e. The van der Waals surface area contributed by atoms with Crippen molar-refractivity contribution in [2.45, 2.75) is 17.7 Å². The van der Waals surface area contributed by atoms with E-state index in [0.717, 1.165) is 38.2 Å². The highest BCUT2D eigenvalue weighted by Crippen LogP contribution is 2.26. The molecule has 9 heteroatoms. The number of piperidine rings is 1. The second-order valence-corrected chi connectivity index (χ2v) is 7.47. The first-order valence-corrected chi connectivity index (χ1v) is 8.86. The van der Waals surface area contributed by atoms with Crippen LogP contribution in [0.3, 0.4) is 0 Å². The molecule has 0 aliphatic carbocycles. The summed E-state index contributed by atoms with van der Waals surface area (Å²) < 4.78 is 45.2. The van der Waals surface area contributed by atoms with Crippen LogP contribution >= 0.6 is 12.4 Å². The van der Waals surface area contributed by atoms with E-state index >= 15 is 0 Å². The second-order valence-electron chi connectivity index (χ2n) is 5.56. The first-order chi connectivity index (χ1) is 10.9. The molecule has 0 bridgehead atoms. The number of methoxy groups -OCH3 is 1. The van der Waals surface area contributed by atoms with Gasteiger partial charge in [0, 0.05) is 13.1 Å². The van der Waals surface area contributed by atoms with Crippen molar-refractivity contribution in [1.82, 2.24) is 9.62 Å². The lowest BCUT2D eigenvalue weighted by atomic mass is 10.00. The van der Waals surface area contributed by atoms with Crippen molar-refractivity contribution in [3.05, 3.63) is 29.6 Å². The normalized spacial score (nSPS) is 18.7. The van der Waals surface area contributed by atoms with Crippen LogP contribution in [-0.2, 0) is 14.8 Å². The molecule has 1 atom stereocenters. The molecule has 0 spiro atoms. The van der Waals surface area contributed by atoms with E-state index in [4.69, 9.17) is 0 Å². The Morgan fingerprint density at radius 2 is 2.17 bits per heavy atom. The van der Waals surface area contributed by atoms with Crippen molar-refractivity contribution in [2.24, 2.45) is 5.92 Å². The third-order valence-corrected chi connectivity index (χ3v) is 5.85. The molecule has 1 N–H and O–H groups in total. The van der Waals surface area contributed by atoms with Gasteiger partial charge in [-0.1, -0.05) is 0 Å². The van der Waals surface area contributed by atoms with Crippen molar-refractivity contribution in [1.29, 1.82) is 0 Å². The molecule has 1 aliphatic heterocycles. The van der Waals surface area contributed by atoms with Crippen LogP contribution in [0.15, 0.2) is 23.1 Å². The summed E-state index contributed by atoms with van der Waals surface area (Å²) in [5.74, 6) is -1.31. The third-order valence-electron chi connectivity index (χ3n) is 3.94. The summed E-state index contributed by atoms with van der Waals surface area (Å²) in [6, 6.07) is 3.07. The molecule has 1 saturated heterocycles. The molecule has 136 valence electrons. The predicted octanol–water partition coefficient (Wildman–Crippen LogP) is 1.65. The van der Waals surface area contributed by atoms with Crippen LogP contribution in [0.25, 0.3) is 0 Å². The van der Waals surface area contributed by atoms with E-state index in [2.05, 4.69) is 10.1 Å². The highest BCUT2D eigenvalue weighted by Gasteiger charge is 2.33. The number of nitrogens with zero attached hydrogens (tertiary/aromatic N) is 1. The van der Waals surface area contributed by atoms with Gasteiger partial charge in [0.1, 0.15) is 5.82 Å². The number of nitrogens with one attached hydrogen (secondary N) is 1. The SMILES string of the molecule is CNCC1CCCN(S(=O)(=O)c2cc(F)ccc2C(=O)OC)C1.Cl. The van der Waals surface area contributed by atoms with Gasteiger partial charge in [0.2, 0.25) is 10.0 Å². The Morgan fingerprint density at radius 1 is 1.46 bits per heavy atom. The first kappa shape index (κ1) is 20.8. The first-order valence-electron chi connectivity index (χ1n) is 7.42. The minimum absolute atomic E-state index is 0. The average Bonchev–Trinajstić information content (AvgIpc) is 2.54. The Morgan fingerprint density at radius 3 is 2.79 bits per heavy atom. The van der Waals surface area contributed by atoms with Gasteiger partial charge in [0.25, 0.3) is 0 Å². The number of halogens is 2. The van der Waals surface area contributed by atoms with Gasteiger partial charge in [-0.3, -0.25) is 0 Å². The smallest absolute Gasteiger partial charge is 0.339 e. The number of rotatable bonds is 5. The van der Waals surface area contributed by atoms with Crippen molar-refractivity contribution in [3.8, 4) is 0 Å². The molecule has 1 aromatic rings. The molecule has 2 rings (SSSR count). The van der Waals surface area contributed by atoms with Crippen molar-refractivity contribution in [2.75, 3.05) is 33.8 Å². The Kier molecular flexibility index (Phi) is 7.59. The molecule has 6 nitrogen and oxygen atoms in total. The quantitative estimate of drug-likeness (QED) is 0.786. The average molecular weight is 381 g/mol. The van der Waals surface area contributed by atoms with E-state index in [1.807, 2.05) is 7.05 Å². The zero-order valence-electron chi connectivity index (χ0n) is 13.6. The zero-order chi connectivity index (χ0) is 17.0. The molecule has 1 aliphatic rings. The van der Waals surface area contributed by atoms with Gasteiger partial charge in [-0.15, -0.1) is 12.4 Å². The van der Waals surface area contributed by atoms with Gasteiger partial charge in [-0.25, -0.2) is 17.6 Å². The maximum absolute atomic E-state index is 13.6. The molecule has 0 aromatic heterocycles. The number of ether oxygens (including phenoxy) is 1. The number of carbonyl (C=O) groups is 1. The predicted molar refractivity (Wildman–Crippen MR) is 90.4 cm³/mol. The van der Waals surface area contributed by atoms with Crippen LogP contribution in [0.4, 0.5) is 4.39 Å². The molecular weight excluding hydrogens is 359 g/mol. The van der Waals surface area contributed by atoms with Crippen LogP contribution < -0.4 is 5.32 Å². The number of carbonyl (C=O) groups excluding carboxylic acids is 1. The van der Waals surface area contributed by atoms with E-state index in [9.17, 15) is 17.6 Å². The highest BCUT2D eigenvalue weighted by atomic mass is 35.5. The van der Waals surface area contributed by atoms with Crippen molar-refractivity contribution in [3.63, 3.8) is 0 Å². The van der Waals surface area contributed by atoms with E-state index in [-0.39, 0.29) is 28.8 Å². The molecule has 1 aromatic carbocycles. The summed E-state index contributed by atoms with van der Waals surface area (Å²) >= 11 is 0. The van der Waals surface area contributed by atoms with Crippen molar-refractivity contribution < 1.29 is 22.3 Å². The maximum atomic E-state index is 13.6. The maximum Gasteiger partial charge on any atom is 0.339 e. The van der Waals surface area contributed by atoms with Gasteiger partial charge in [-0.2, -0.15) is 4.31 Å². The number of hydrogen-bond donors (Lipinski definition) is 1. The molecule has 1 fully saturated rings. The van der Waals surface area contributed by atoms with Crippen LogP contribution in [0.5, 0.6) is 0 Å². The van der Waals surface area contributed by atoms with Crippen LogP contribution in [0.1, 0.15) is 23.2 Å². The Balaban J connectivity index is 0.00000288. The van der Waals surface area contributed by atoms with Crippen molar-refractivity contribution >= 4 is 28.4 Å². The molecule has 1 unspecified atom stereocenters. The van der Waals surface area contributed by atoms with Gasteiger partial charge >= 0.3 is 5.97 Å². The largest absolute Gasteiger partial charge is 0.465 e. The van der Waals surface area contributed by atoms with Gasteiger partial charge < -0.3 is 10.1 Å². The van der Waals surface area contributed by atoms with E-state index in [0.29, 0.717) is 19.6 Å². The lowest BCUT2D eigenvalue weighted by molar-refractivity contribution is 0.0596. The van der Waals surface area contributed by atoms with Gasteiger partial charge in [-0.05, 0) is 50.6 Å². The summed E-state index contributed by atoms with van der Waals surface area (Å²) in [4.78, 5) is 11.5. The lowest BCUT2D eigenvalue weighted by Gasteiger charge is -2.32.